The van der Waals surface area contributed by atoms with E-state index in [0.717, 1.165) is 23.4 Å². The van der Waals surface area contributed by atoms with Gasteiger partial charge in [-0.3, -0.25) is 10.1 Å². The highest BCUT2D eigenvalue weighted by atomic mass is 32.2. The maximum absolute atomic E-state index is 13.4. The molecule has 1 aliphatic carbocycles. The first kappa shape index (κ1) is 24.4. The van der Waals surface area contributed by atoms with E-state index in [4.69, 9.17) is 0 Å². The number of amides is 1. The van der Waals surface area contributed by atoms with Crippen molar-refractivity contribution in [3.8, 4) is 0 Å². The molecule has 2 aromatic carbocycles. The van der Waals surface area contributed by atoms with Crippen LogP contribution in [0.1, 0.15) is 40.6 Å². The fourth-order valence-electron chi connectivity index (χ4n) is 3.78. The van der Waals surface area contributed by atoms with Crippen molar-refractivity contribution in [2.75, 3.05) is 30.9 Å². The number of rotatable bonds is 10. The molecule has 34 heavy (non-hydrogen) atoms. The molecule has 0 spiro atoms. The molecule has 4 rings (SSSR count). The molecule has 1 aromatic heterocycles. The molecule has 0 saturated heterocycles. The fraction of sp³-hybridized carbons (Fsp3) is 0.360. The Balaban J connectivity index is 1.64. The average Bonchev–Trinajstić information content (AvgIpc) is 3.53. The predicted octanol–water partition coefficient (Wildman–Crippen LogP) is 4.62. The van der Waals surface area contributed by atoms with Crippen molar-refractivity contribution in [1.29, 1.82) is 0 Å². The Morgan fingerprint density at radius 1 is 1.15 bits per heavy atom. The molecule has 0 unspecified atom stereocenters. The van der Waals surface area contributed by atoms with Crippen LogP contribution in [0.2, 0.25) is 0 Å². The number of carbonyl (C=O) groups is 1. The quantitative estimate of drug-likeness (QED) is 0.441. The zero-order valence-corrected chi connectivity index (χ0v) is 21.3. The first-order valence-electron chi connectivity index (χ1n) is 11.4. The zero-order chi connectivity index (χ0) is 24.3. The van der Waals surface area contributed by atoms with Crippen LogP contribution in [0.15, 0.2) is 59.6 Å². The third-order valence-electron chi connectivity index (χ3n) is 5.93. The van der Waals surface area contributed by atoms with Gasteiger partial charge in [-0.25, -0.2) is 13.4 Å². The number of nitrogens with one attached hydrogen (secondary N) is 1. The van der Waals surface area contributed by atoms with Crippen molar-refractivity contribution in [2.45, 2.75) is 37.6 Å². The second kappa shape index (κ2) is 10.2. The summed E-state index contributed by atoms with van der Waals surface area (Å²) in [6.07, 6.45) is 4.95. The Morgan fingerprint density at radius 2 is 1.88 bits per heavy atom. The van der Waals surface area contributed by atoms with Gasteiger partial charge in [0.15, 0.2) is 5.13 Å². The van der Waals surface area contributed by atoms with Crippen LogP contribution in [-0.2, 0) is 23.0 Å². The third-order valence-corrected chi connectivity index (χ3v) is 8.79. The minimum Gasteiger partial charge on any atom is -0.374 e. The molecule has 1 heterocycles. The molecule has 180 valence electrons. The largest absolute Gasteiger partial charge is 0.374 e. The van der Waals surface area contributed by atoms with Gasteiger partial charge in [-0.15, -0.1) is 11.3 Å². The highest BCUT2D eigenvalue weighted by molar-refractivity contribution is 7.89. The predicted molar refractivity (Wildman–Crippen MR) is 137 cm³/mol. The standard InChI is InChI=1S/C25H30N4O3S2/c1-4-20-15-26-25(33-20)27-24(30)22-14-21(12-13-23(22)28(2)16-19-10-11-19)34(31,32)29(3)17-18-8-6-5-7-9-18/h5-9,12-15,19H,4,10-11,16-17H2,1-3H3,(H,26,27,30). The van der Waals surface area contributed by atoms with Crippen LogP contribution < -0.4 is 10.2 Å². The van der Waals surface area contributed by atoms with Crippen molar-refractivity contribution >= 4 is 38.1 Å². The molecule has 1 fully saturated rings. The van der Waals surface area contributed by atoms with Gasteiger partial charge < -0.3 is 4.90 Å². The van der Waals surface area contributed by atoms with Gasteiger partial charge in [0.25, 0.3) is 5.91 Å². The lowest BCUT2D eigenvalue weighted by Crippen LogP contribution is -2.28. The van der Waals surface area contributed by atoms with Gasteiger partial charge in [0, 0.05) is 43.9 Å². The molecular weight excluding hydrogens is 468 g/mol. The van der Waals surface area contributed by atoms with E-state index in [1.165, 1.54) is 34.6 Å². The van der Waals surface area contributed by atoms with Crippen molar-refractivity contribution in [3.05, 3.63) is 70.7 Å². The van der Waals surface area contributed by atoms with Gasteiger partial charge in [0.2, 0.25) is 10.0 Å². The molecule has 1 saturated carbocycles. The van der Waals surface area contributed by atoms with Crippen LogP contribution in [0.5, 0.6) is 0 Å². The third kappa shape index (κ3) is 5.65. The highest BCUT2D eigenvalue weighted by Gasteiger charge is 2.27. The van der Waals surface area contributed by atoms with E-state index in [0.29, 0.717) is 22.3 Å². The summed E-state index contributed by atoms with van der Waals surface area (Å²) in [6, 6.07) is 14.2. The number of aromatic nitrogens is 1. The van der Waals surface area contributed by atoms with Gasteiger partial charge in [0.05, 0.1) is 10.5 Å². The van der Waals surface area contributed by atoms with Gasteiger partial charge >= 0.3 is 0 Å². The summed E-state index contributed by atoms with van der Waals surface area (Å²) in [7, 11) is -0.301. The van der Waals surface area contributed by atoms with E-state index in [1.54, 1.807) is 25.4 Å². The van der Waals surface area contributed by atoms with Crippen LogP contribution in [0.4, 0.5) is 10.8 Å². The number of hydrogen-bond acceptors (Lipinski definition) is 6. The Labute approximate surface area is 205 Å². The van der Waals surface area contributed by atoms with Crippen LogP contribution in [0.25, 0.3) is 0 Å². The SMILES string of the molecule is CCc1cnc(NC(=O)c2cc(S(=O)(=O)N(C)Cc3ccccc3)ccc2N(C)CC2CC2)s1. The molecule has 9 heteroatoms. The number of sulfonamides is 1. The lowest BCUT2D eigenvalue weighted by Gasteiger charge is -2.23. The van der Waals surface area contributed by atoms with Crippen molar-refractivity contribution < 1.29 is 13.2 Å². The molecule has 0 atom stereocenters. The normalized spacial score (nSPS) is 13.8. The minimum atomic E-state index is -3.80. The van der Waals surface area contributed by atoms with Crippen molar-refractivity contribution in [3.63, 3.8) is 0 Å². The summed E-state index contributed by atoms with van der Waals surface area (Å²) >= 11 is 1.42. The van der Waals surface area contributed by atoms with Crippen molar-refractivity contribution in [2.24, 2.45) is 5.92 Å². The molecule has 0 aliphatic heterocycles. The first-order chi connectivity index (χ1) is 16.3. The highest BCUT2D eigenvalue weighted by Crippen LogP contribution is 2.33. The fourth-order valence-corrected chi connectivity index (χ4v) is 5.71. The minimum absolute atomic E-state index is 0.0908. The van der Waals surface area contributed by atoms with Gasteiger partial charge in [-0.2, -0.15) is 4.31 Å². The Kier molecular flexibility index (Phi) is 7.35. The second-order valence-electron chi connectivity index (χ2n) is 8.69. The van der Waals surface area contributed by atoms with E-state index in [-0.39, 0.29) is 17.3 Å². The van der Waals surface area contributed by atoms with Crippen LogP contribution in [0, 0.1) is 5.92 Å². The number of nitrogens with zero attached hydrogens (tertiary/aromatic N) is 3. The topological polar surface area (TPSA) is 82.6 Å². The second-order valence-corrected chi connectivity index (χ2v) is 11.8. The lowest BCUT2D eigenvalue weighted by atomic mass is 10.1. The van der Waals surface area contributed by atoms with Crippen LogP contribution >= 0.6 is 11.3 Å². The molecule has 7 nitrogen and oxygen atoms in total. The summed E-state index contributed by atoms with van der Waals surface area (Å²) in [6.45, 7) is 3.11. The molecular formula is C25H30N4O3S2. The maximum Gasteiger partial charge on any atom is 0.259 e. The molecule has 1 amide bonds. The molecule has 1 N–H and O–H groups in total. The summed E-state index contributed by atoms with van der Waals surface area (Å²) in [4.78, 5) is 20.8. The van der Waals surface area contributed by atoms with Crippen LogP contribution in [0.3, 0.4) is 0 Å². The van der Waals surface area contributed by atoms with Gasteiger partial charge in [-0.1, -0.05) is 37.3 Å². The number of hydrogen-bond donors (Lipinski definition) is 1. The summed E-state index contributed by atoms with van der Waals surface area (Å²) in [5, 5.41) is 3.36. The number of carbonyl (C=O) groups excluding carboxylic acids is 1. The molecule has 1 aliphatic rings. The number of aryl methyl sites for hydroxylation is 1. The maximum atomic E-state index is 13.4. The van der Waals surface area contributed by atoms with E-state index in [1.807, 2.05) is 49.2 Å². The van der Waals surface area contributed by atoms with E-state index in [9.17, 15) is 13.2 Å². The van der Waals surface area contributed by atoms with Crippen molar-refractivity contribution in [1.82, 2.24) is 9.29 Å². The monoisotopic (exact) mass is 498 g/mol. The molecule has 0 bridgehead atoms. The number of thiazole rings is 1. The Hall–Kier alpha value is -2.75. The van der Waals surface area contributed by atoms with Gasteiger partial charge in [-0.05, 0) is 48.9 Å². The average molecular weight is 499 g/mol. The smallest absolute Gasteiger partial charge is 0.259 e. The summed E-state index contributed by atoms with van der Waals surface area (Å²) in [5.74, 6) is 0.254. The van der Waals surface area contributed by atoms with E-state index >= 15 is 0 Å². The van der Waals surface area contributed by atoms with E-state index in [2.05, 4.69) is 10.3 Å². The van der Waals surface area contributed by atoms with Crippen LogP contribution in [-0.4, -0.2) is 44.3 Å². The summed E-state index contributed by atoms with van der Waals surface area (Å²) in [5.41, 5.74) is 1.93. The zero-order valence-electron chi connectivity index (χ0n) is 19.7. The summed E-state index contributed by atoms with van der Waals surface area (Å²) < 4.78 is 28.0. The van der Waals surface area contributed by atoms with Gasteiger partial charge in [0.1, 0.15) is 0 Å². The lowest BCUT2D eigenvalue weighted by molar-refractivity contribution is 0.102. The Morgan fingerprint density at radius 3 is 2.53 bits per heavy atom. The first-order valence-corrected chi connectivity index (χ1v) is 13.6. The van der Waals surface area contributed by atoms with E-state index < -0.39 is 10.0 Å². The molecule has 3 aromatic rings. The number of anilines is 2. The number of benzene rings is 2. The Bertz CT molecular complexity index is 1250. The molecule has 0 radical (unpaired) electrons.